The third-order valence-corrected chi connectivity index (χ3v) is 5.07. The lowest BCUT2D eigenvalue weighted by atomic mass is 9.76. The minimum Gasteiger partial charge on any atom is -0.468 e. The smallest absolute Gasteiger partial charge is 0.327 e. The maximum absolute atomic E-state index is 12.3. The van der Waals surface area contributed by atoms with Crippen molar-refractivity contribution >= 4 is 5.97 Å². The van der Waals surface area contributed by atoms with Crippen LogP contribution in [0.5, 0.6) is 0 Å². The van der Waals surface area contributed by atoms with Crippen LogP contribution in [0.25, 0.3) is 0 Å². The highest BCUT2D eigenvalue weighted by Crippen LogP contribution is 2.37. The molecule has 2 rings (SSSR count). The summed E-state index contributed by atoms with van der Waals surface area (Å²) in [5, 5.41) is 18.7. The van der Waals surface area contributed by atoms with Crippen molar-refractivity contribution in [1.82, 2.24) is 4.90 Å². The Labute approximate surface area is 137 Å². The van der Waals surface area contributed by atoms with Gasteiger partial charge in [0.2, 0.25) is 0 Å². The van der Waals surface area contributed by atoms with Crippen molar-refractivity contribution < 1.29 is 14.6 Å². The molecule has 0 amide bonds. The van der Waals surface area contributed by atoms with Crippen LogP contribution in [0.15, 0.2) is 24.3 Å². The van der Waals surface area contributed by atoms with Crippen LogP contribution in [-0.4, -0.2) is 42.8 Å². The fourth-order valence-corrected chi connectivity index (χ4v) is 3.27. The Morgan fingerprint density at radius 3 is 2.70 bits per heavy atom. The zero-order chi connectivity index (χ0) is 16.9. The number of aliphatic hydroxyl groups is 1. The van der Waals surface area contributed by atoms with Crippen LogP contribution in [0.3, 0.4) is 0 Å². The second-order valence-electron chi connectivity index (χ2n) is 6.21. The Morgan fingerprint density at radius 1 is 1.48 bits per heavy atom. The van der Waals surface area contributed by atoms with E-state index in [4.69, 9.17) is 10.00 Å². The first kappa shape index (κ1) is 17.5. The molecule has 0 aliphatic carbocycles. The number of nitriles is 1. The van der Waals surface area contributed by atoms with E-state index in [1.54, 1.807) is 18.2 Å². The lowest BCUT2D eigenvalue weighted by Gasteiger charge is -2.42. The van der Waals surface area contributed by atoms with Crippen LogP contribution >= 0.6 is 0 Å². The predicted octanol–water partition coefficient (Wildman–Crippen LogP) is 2.26. The molecule has 1 heterocycles. The molecule has 0 bridgehead atoms. The number of carbonyl (C=O) groups excluding carboxylic acids is 1. The summed E-state index contributed by atoms with van der Waals surface area (Å²) < 4.78 is 4.99. The van der Waals surface area contributed by atoms with Crippen molar-refractivity contribution in [1.29, 1.82) is 5.26 Å². The molecular weight excluding hydrogens is 292 g/mol. The largest absolute Gasteiger partial charge is 0.468 e. The van der Waals surface area contributed by atoms with Gasteiger partial charge in [0, 0.05) is 6.61 Å². The summed E-state index contributed by atoms with van der Waals surface area (Å²) in [6, 6.07) is 8.73. The highest BCUT2D eigenvalue weighted by atomic mass is 16.5. The Kier molecular flexibility index (Phi) is 5.75. The molecule has 1 N–H and O–H groups in total. The van der Waals surface area contributed by atoms with E-state index in [0.29, 0.717) is 5.56 Å². The Bertz CT molecular complexity index is 580. The van der Waals surface area contributed by atoms with E-state index >= 15 is 0 Å². The number of ether oxygens (including phenoxy) is 1. The molecule has 23 heavy (non-hydrogen) atoms. The highest BCUT2D eigenvalue weighted by Gasteiger charge is 2.37. The van der Waals surface area contributed by atoms with E-state index in [2.05, 4.69) is 17.9 Å². The van der Waals surface area contributed by atoms with Crippen molar-refractivity contribution in [2.75, 3.05) is 26.8 Å². The normalized spacial score (nSPS) is 18.9. The maximum atomic E-state index is 12.3. The summed E-state index contributed by atoms with van der Waals surface area (Å²) in [6.45, 7) is 3.74. The summed E-state index contributed by atoms with van der Waals surface area (Å²) >= 11 is 0. The zero-order valence-electron chi connectivity index (χ0n) is 13.8. The quantitative estimate of drug-likeness (QED) is 0.844. The van der Waals surface area contributed by atoms with Crippen LogP contribution in [0.4, 0.5) is 0 Å². The minimum atomic E-state index is -0.498. The van der Waals surface area contributed by atoms with Crippen molar-refractivity contribution in [3.05, 3.63) is 35.4 Å². The number of likely N-dealkylation sites (tertiary alicyclic amines) is 1. The Balaban J connectivity index is 2.24. The van der Waals surface area contributed by atoms with Gasteiger partial charge in [-0.05, 0) is 55.5 Å². The number of methoxy groups -OCH3 is 1. The summed E-state index contributed by atoms with van der Waals surface area (Å²) in [7, 11) is 1.39. The van der Waals surface area contributed by atoms with E-state index in [-0.39, 0.29) is 18.0 Å². The Hall–Kier alpha value is -1.90. The van der Waals surface area contributed by atoms with E-state index in [1.165, 1.54) is 7.11 Å². The van der Waals surface area contributed by atoms with Crippen molar-refractivity contribution in [2.45, 2.75) is 32.2 Å². The van der Waals surface area contributed by atoms with Gasteiger partial charge in [0.1, 0.15) is 6.04 Å². The van der Waals surface area contributed by atoms with Gasteiger partial charge in [-0.3, -0.25) is 4.90 Å². The molecule has 1 fully saturated rings. The monoisotopic (exact) mass is 316 g/mol. The fraction of sp³-hybridized carbons (Fsp3) is 0.556. The van der Waals surface area contributed by atoms with Crippen molar-refractivity contribution in [3.8, 4) is 6.07 Å². The lowest BCUT2D eigenvalue weighted by molar-refractivity contribution is -0.148. The SMILES string of the molecule is CCC1(CO)CCN(C(C(=O)OC)c2cccc(C#N)c2)CC1. The average molecular weight is 316 g/mol. The lowest BCUT2D eigenvalue weighted by Crippen LogP contribution is -2.45. The van der Waals surface area contributed by atoms with Gasteiger partial charge in [0.05, 0.1) is 18.7 Å². The Morgan fingerprint density at radius 2 is 2.17 bits per heavy atom. The molecule has 0 aromatic heterocycles. The van der Waals surface area contributed by atoms with Crippen LogP contribution in [0.2, 0.25) is 0 Å². The van der Waals surface area contributed by atoms with Crippen molar-refractivity contribution in [2.24, 2.45) is 5.41 Å². The zero-order valence-corrected chi connectivity index (χ0v) is 13.8. The number of aliphatic hydroxyl groups excluding tert-OH is 1. The van der Waals surface area contributed by atoms with Gasteiger partial charge in [-0.1, -0.05) is 19.1 Å². The number of benzene rings is 1. The number of hydrogen-bond donors (Lipinski definition) is 1. The predicted molar refractivity (Wildman–Crippen MR) is 86.5 cm³/mol. The van der Waals surface area contributed by atoms with E-state index in [9.17, 15) is 9.90 Å². The van der Waals surface area contributed by atoms with Crippen LogP contribution in [0, 0.1) is 16.7 Å². The molecule has 124 valence electrons. The average Bonchev–Trinajstić information content (AvgIpc) is 2.62. The topological polar surface area (TPSA) is 73.6 Å². The molecule has 0 saturated carbocycles. The molecule has 5 nitrogen and oxygen atoms in total. The molecule has 0 radical (unpaired) electrons. The second kappa shape index (κ2) is 7.58. The molecule has 1 atom stereocenters. The third-order valence-electron chi connectivity index (χ3n) is 5.07. The standard InChI is InChI=1S/C18H24N2O3/c1-3-18(13-21)7-9-20(10-8-18)16(17(22)23-2)15-6-4-5-14(11-15)12-19/h4-6,11,16,21H,3,7-10,13H2,1-2H3. The summed E-state index contributed by atoms with van der Waals surface area (Å²) in [5.74, 6) is -0.312. The fourth-order valence-electron chi connectivity index (χ4n) is 3.27. The van der Waals surface area contributed by atoms with Gasteiger partial charge in [-0.2, -0.15) is 5.26 Å². The number of esters is 1. The van der Waals surface area contributed by atoms with Gasteiger partial charge in [-0.15, -0.1) is 0 Å². The number of hydrogen-bond acceptors (Lipinski definition) is 5. The number of carbonyl (C=O) groups is 1. The number of nitrogens with zero attached hydrogens (tertiary/aromatic N) is 2. The third kappa shape index (κ3) is 3.72. The van der Waals surface area contributed by atoms with Crippen LogP contribution in [0.1, 0.15) is 43.4 Å². The number of rotatable bonds is 5. The van der Waals surface area contributed by atoms with E-state index in [0.717, 1.165) is 37.9 Å². The molecule has 5 heteroatoms. The van der Waals surface area contributed by atoms with Gasteiger partial charge in [0.25, 0.3) is 0 Å². The molecule has 1 unspecified atom stereocenters. The van der Waals surface area contributed by atoms with Gasteiger partial charge in [0.15, 0.2) is 0 Å². The van der Waals surface area contributed by atoms with Crippen LogP contribution < -0.4 is 0 Å². The molecule has 1 aromatic carbocycles. The first-order chi connectivity index (χ1) is 11.1. The number of piperidine rings is 1. The first-order valence-electron chi connectivity index (χ1n) is 8.02. The minimum absolute atomic E-state index is 0.0360. The molecule has 0 spiro atoms. The first-order valence-corrected chi connectivity index (χ1v) is 8.02. The molecule has 1 aromatic rings. The summed E-state index contributed by atoms with van der Waals surface area (Å²) in [4.78, 5) is 14.4. The van der Waals surface area contributed by atoms with Gasteiger partial charge >= 0.3 is 5.97 Å². The summed E-state index contributed by atoms with van der Waals surface area (Å²) in [6.07, 6.45) is 2.64. The molecule has 1 aliphatic rings. The second-order valence-corrected chi connectivity index (χ2v) is 6.21. The van der Waals surface area contributed by atoms with Crippen LogP contribution in [-0.2, 0) is 9.53 Å². The maximum Gasteiger partial charge on any atom is 0.327 e. The molecular formula is C18H24N2O3. The summed E-state index contributed by atoms with van der Waals surface area (Å²) in [5.41, 5.74) is 1.28. The van der Waals surface area contributed by atoms with E-state index in [1.807, 2.05) is 6.07 Å². The van der Waals surface area contributed by atoms with Gasteiger partial charge in [-0.25, -0.2) is 4.79 Å². The highest BCUT2D eigenvalue weighted by molar-refractivity contribution is 5.77. The van der Waals surface area contributed by atoms with Gasteiger partial charge < -0.3 is 9.84 Å². The molecule has 1 saturated heterocycles. The molecule has 1 aliphatic heterocycles. The van der Waals surface area contributed by atoms with Crippen molar-refractivity contribution in [3.63, 3.8) is 0 Å². The van der Waals surface area contributed by atoms with E-state index < -0.39 is 6.04 Å².